The van der Waals surface area contributed by atoms with Crippen LogP contribution in [0.2, 0.25) is 0 Å². The van der Waals surface area contributed by atoms with Gasteiger partial charge in [0.1, 0.15) is 16.7 Å². The Balaban J connectivity index is 2.31. The van der Waals surface area contributed by atoms with Gasteiger partial charge in [-0.15, -0.1) is 0 Å². The average molecular weight is 261 g/mol. The molecular weight excluding hydrogens is 249 g/mol. The third kappa shape index (κ3) is 3.07. The molecule has 0 aliphatic carbocycles. The lowest BCUT2D eigenvalue weighted by Gasteiger charge is -2.05. The largest absolute Gasteiger partial charge is 0.384 e. The van der Waals surface area contributed by atoms with Crippen LogP contribution in [0.4, 0.5) is 4.39 Å². The van der Waals surface area contributed by atoms with E-state index in [1.807, 2.05) is 13.0 Å². The number of aryl methyl sites for hydroxylation is 1. The van der Waals surface area contributed by atoms with Crippen LogP contribution in [0.25, 0.3) is 0 Å². The lowest BCUT2D eigenvalue weighted by molar-refractivity contribution is 0.624. The number of amidine groups is 1. The zero-order chi connectivity index (χ0) is 13.1. The predicted molar refractivity (Wildman–Crippen MR) is 70.5 cm³/mol. The maximum absolute atomic E-state index is 13.1. The molecule has 0 amide bonds. The van der Waals surface area contributed by atoms with Gasteiger partial charge in [0.15, 0.2) is 0 Å². The Kier molecular flexibility index (Phi) is 3.62. The summed E-state index contributed by atoms with van der Waals surface area (Å²) in [5.74, 6) is -0.277. The normalized spacial score (nSPS) is 10.3. The second-order valence-corrected chi connectivity index (χ2v) is 4.90. The number of aromatic nitrogens is 1. The molecule has 0 saturated carbocycles. The fraction of sp³-hybridized carbons (Fsp3) is 0.0769. The molecule has 5 heteroatoms. The van der Waals surface area contributed by atoms with Crippen molar-refractivity contribution in [1.29, 1.82) is 5.41 Å². The monoisotopic (exact) mass is 261 g/mol. The standard InChI is InChI=1S/C13H12FN3S/c1-8-5-9(13(15)16)6-12(17-8)18-11-4-2-3-10(14)7-11/h2-7H,1H3,(H3,15,16). The zero-order valence-corrected chi connectivity index (χ0v) is 10.6. The van der Waals surface area contributed by atoms with Gasteiger partial charge in [0.05, 0.1) is 0 Å². The van der Waals surface area contributed by atoms with Crippen LogP contribution in [0.5, 0.6) is 0 Å². The minimum absolute atomic E-state index is 0.00147. The molecule has 18 heavy (non-hydrogen) atoms. The van der Waals surface area contributed by atoms with Crippen molar-refractivity contribution < 1.29 is 4.39 Å². The van der Waals surface area contributed by atoms with Gasteiger partial charge >= 0.3 is 0 Å². The van der Waals surface area contributed by atoms with Crippen LogP contribution < -0.4 is 5.73 Å². The van der Waals surface area contributed by atoms with E-state index >= 15 is 0 Å². The van der Waals surface area contributed by atoms with Crippen LogP contribution in [-0.2, 0) is 0 Å². The number of rotatable bonds is 3. The SMILES string of the molecule is Cc1cc(C(=N)N)cc(Sc2cccc(F)c2)n1. The molecule has 1 heterocycles. The molecule has 0 fully saturated rings. The van der Waals surface area contributed by atoms with Crippen molar-refractivity contribution in [3.63, 3.8) is 0 Å². The van der Waals surface area contributed by atoms with Crippen LogP contribution in [0.15, 0.2) is 46.3 Å². The van der Waals surface area contributed by atoms with Crippen LogP contribution >= 0.6 is 11.8 Å². The van der Waals surface area contributed by atoms with Crippen molar-refractivity contribution in [2.45, 2.75) is 16.8 Å². The van der Waals surface area contributed by atoms with Gasteiger partial charge < -0.3 is 5.73 Å². The summed E-state index contributed by atoms with van der Waals surface area (Å²) in [6.45, 7) is 1.84. The van der Waals surface area contributed by atoms with Gasteiger partial charge in [-0.3, -0.25) is 5.41 Å². The van der Waals surface area contributed by atoms with Gasteiger partial charge in [-0.05, 0) is 37.3 Å². The molecule has 1 aromatic carbocycles. The molecule has 0 bridgehead atoms. The fourth-order valence-electron chi connectivity index (χ4n) is 1.50. The third-order valence-electron chi connectivity index (χ3n) is 2.26. The van der Waals surface area contributed by atoms with Gasteiger partial charge in [0.2, 0.25) is 0 Å². The highest BCUT2D eigenvalue weighted by Gasteiger charge is 2.05. The van der Waals surface area contributed by atoms with E-state index in [1.165, 1.54) is 23.9 Å². The van der Waals surface area contributed by atoms with Crippen molar-refractivity contribution in [3.8, 4) is 0 Å². The number of nitrogens with one attached hydrogen (secondary N) is 1. The van der Waals surface area contributed by atoms with Gasteiger partial charge in [-0.2, -0.15) is 0 Å². The van der Waals surface area contributed by atoms with Crippen molar-refractivity contribution >= 4 is 17.6 Å². The molecule has 0 radical (unpaired) electrons. The van der Waals surface area contributed by atoms with Gasteiger partial charge in [0.25, 0.3) is 0 Å². The topological polar surface area (TPSA) is 62.8 Å². The number of pyridine rings is 1. The van der Waals surface area contributed by atoms with E-state index in [9.17, 15) is 4.39 Å². The zero-order valence-electron chi connectivity index (χ0n) is 9.77. The smallest absolute Gasteiger partial charge is 0.124 e. The number of benzene rings is 1. The summed E-state index contributed by atoms with van der Waals surface area (Å²) in [7, 11) is 0. The summed E-state index contributed by atoms with van der Waals surface area (Å²) in [6, 6.07) is 9.78. The van der Waals surface area contributed by atoms with E-state index < -0.39 is 0 Å². The molecule has 92 valence electrons. The van der Waals surface area contributed by atoms with Gasteiger partial charge in [-0.25, -0.2) is 9.37 Å². The first kappa shape index (κ1) is 12.6. The maximum atomic E-state index is 13.1. The molecule has 2 rings (SSSR count). The summed E-state index contributed by atoms with van der Waals surface area (Å²) in [5, 5.41) is 8.12. The lowest BCUT2D eigenvalue weighted by atomic mass is 10.2. The van der Waals surface area contributed by atoms with Crippen molar-refractivity contribution in [2.75, 3.05) is 0 Å². The van der Waals surface area contributed by atoms with Crippen molar-refractivity contribution in [1.82, 2.24) is 4.98 Å². The first-order chi connectivity index (χ1) is 8.54. The molecular formula is C13H12FN3S. The Bertz CT molecular complexity index is 599. The van der Waals surface area contributed by atoms with Crippen LogP contribution in [0, 0.1) is 18.2 Å². The highest BCUT2D eigenvalue weighted by atomic mass is 32.2. The molecule has 0 spiro atoms. The highest BCUT2D eigenvalue weighted by Crippen LogP contribution is 2.27. The number of halogens is 1. The summed E-state index contributed by atoms with van der Waals surface area (Å²) in [6.07, 6.45) is 0. The minimum Gasteiger partial charge on any atom is -0.384 e. The first-order valence-electron chi connectivity index (χ1n) is 5.31. The van der Waals surface area contributed by atoms with E-state index in [0.29, 0.717) is 10.6 Å². The Morgan fingerprint density at radius 3 is 2.78 bits per heavy atom. The maximum Gasteiger partial charge on any atom is 0.124 e. The third-order valence-corrected chi connectivity index (χ3v) is 3.17. The van der Waals surface area contributed by atoms with E-state index in [0.717, 1.165) is 10.6 Å². The van der Waals surface area contributed by atoms with E-state index in [2.05, 4.69) is 4.98 Å². The molecule has 2 aromatic rings. The first-order valence-corrected chi connectivity index (χ1v) is 6.13. The van der Waals surface area contributed by atoms with E-state index in [1.54, 1.807) is 18.2 Å². The average Bonchev–Trinajstić information content (AvgIpc) is 2.28. The summed E-state index contributed by atoms with van der Waals surface area (Å²) in [5.41, 5.74) is 6.86. The molecule has 0 unspecified atom stereocenters. The number of nitrogens with two attached hydrogens (primary N) is 1. The summed E-state index contributed by atoms with van der Waals surface area (Å²) in [4.78, 5) is 5.10. The molecule has 0 aliphatic rings. The number of hydrogen-bond acceptors (Lipinski definition) is 3. The van der Waals surface area contributed by atoms with Crippen LogP contribution in [0.3, 0.4) is 0 Å². The van der Waals surface area contributed by atoms with Gasteiger partial charge in [0, 0.05) is 16.2 Å². The number of nitrogen functional groups attached to an aromatic ring is 1. The predicted octanol–water partition coefficient (Wildman–Crippen LogP) is 2.96. The van der Waals surface area contributed by atoms with E-state index in [-0.39, 0.29) is 11.7 Å². The molecule has 1 aromatic heterocycles. The Labute approximate surface area is 109 Å². The Morgan fingerprint density at radius 2 is 2.11 bits per heavy atom. The molecule has 0 atom stereocenters. The van der Waals surface area contributed by atoms with Crippen molar-refractivity contribution in [3.05, 3.63) is 53.5 Å². The number of hydrogen-bond donors (Lipinski definition) is 2. The molecule has 3 N–H and O–H groups in total. The molecule has 3 nitrogen and oxygen atoms in total. The minimum atomic E-state index is -0.278. The Hall–Kier alpha value is -1.88. The second kappa shape index (κ2) is 5.18. The van der Waals surface area contributed by atoms with E-state index in [4.69, 9.17) is 11.1 Å². The van der Waals surface area contributed by atoms with Crippen LogP contribution in [0.1, 0.15) is 11.3 Å². The second-order valence-electron chi connectivity index (χ2n) is 3.81. The summed E-state index contributed by atoms with van der Waals surface area (Å²) < 4.78 is 13.1. The van der Waals surface area contributed by atoms with Gasteiger partial charge in [-0.1, -0.05) is 17.8 Å². The van der Waals surface area contributed by atoms with Crippen LogP contribution in [-0.4, -0.2) is 10.8 Å². The van der Waals surface area contributed by atoms with Crippen molar-refractivity contribution in [2.24, 2.45) is 5.73 Å². The highest BCUT2D eigenvalue weighted by molar-refractivity contribution is 7.99. The number of nitrogens with zero attached hydrogens (tertiary/aromatic N) is 1. The lowest BCUT2D eigenvalue weighted by Crippen LogP contribution is -2.11. The summed E-state index contributed by atoms with van der Waals surface area (Å²) >= 11 is 1.34. The fourth-order valence-corrected chi connectivity index (χ4v) is 2.43. The molecule has 0 aliphatic heterocycles. The quantitative estimate of drug-likeness (QED) is 0.659. The Morgan fingerprint density at radius 1 is 1.33 bits per heavy atom. The molecule has 0 saturated heterocycles.